The number of hydrogen-bond acceptors (Lipinski definition) is 6. The van der Waals surface area contributed by atoms with Crippen LogP contribution in [0.2, 0.25) is 0 Å². The first-order valence-electron chi connectivity index (χ1n) is 6.96. The normalized spacial score (nSPS) is 11.5. The second-order valence-corrected chi connectivity index (χ2v) is 5.00. The molecule has 0 spiro atoms. The summed E-state index contributed by atoms with van der Waals surface area (Å²) in [4.78, 5) is 14.9. The molecule has 2 aromatic heterocycles. The van der Waals surface area contributed by atoms with E-state index in [1.54, 1.807) is 0 Å². The quantitative estimate of drug-likeness (QED) is 0.729. The van der Waals surface area contributed by atoms with Crippen LogP contribution in [-0.4, -0.2) is 25.6 Å². The van der Waals surface area contributed by atoms with Gasteiger partial charge in [0.1, 0.15) is 0 Å². The molecule has 0 amide bonds. The van der Waals surface area contributed by atoms with E-state index in [9.17, 15) is 18.0 Å². The zero-order valence-electron chi connectivity index (χ0n) is 12.5. The lowest BCUT2D eigenvalue weighted by atomic mass is 10.1. The molecule has 128 valence electrons. The molecule has 2 heterocycles. The molecule has 0 atom stereocenters. The molecule has 0 unspecified atom stereocenters. The van der Waals surface area contributed by atoms with Crippen molar-refractivity contribution in [1.29, 1.82) is 5.41 Å². The fraction of sp³-hybridized carbons (Fsp3) is 0.133. The summed E-state index contributed by atoms with van der Waals surface area (Å²) in [6, 6.07) is 8.81. The van der Waals surface area contributed by atoms with Gasteiger partial charge in [-0.15, -0.1) is 0 Å². The molecule has 0 saturated heterocycles. The molecule has 0 bridgehead atoms. The molecule has 0 saturated carbocycles. The summed E-state index contributed by atoms with van der Waals surface area (Å²) in [7, 11) is 0. The molecule has 0 aliphatic carbocycles. The SMILES string of the molecule is N=C(Cn1ncccc1=O)c1ccc(-c2noc(C(F)(F)F)n2)cc1. The van der Waals surface area contributed by atoms with Crippen molar-refractivity contribution in [3.05, 3.63) is 64.4 Å². The van der Waals surface area contributed by atoms with Crippen LogP contribution in [0.5, 0.6) is 0 Å². The molecule has 3 aromatic rings. The van der Waals surface area contributed by atoms with E-state index in [0.29, 0.717) is 11.1 Å². The number of benzene rings is 1. The standard InChI is InChI=1S/C15H10F3N5O2/c16-15(17,18)14-21-13(22-25-14)10-5-3-9(4-6-10)11(19)8-23-12(24)2-1-7-20-23/h1-7,19H,8H2. The van der Waals surface area contributed by atoms with Gasteiger partial charge in [0.05, 0.1) is 12.3 Å². The van der Waals surface area contributed by atoms with Crippen molar-refractivity contribution in [3.63, 3.8) is 0 Å². The van der Waals surface area contributed by atoms with Gasteiger partial charge in [-0.3, -0.25) is 4.79 Å². The highest BCUT2D eigenvalue weighted by molar-refractivity contribution is 5.98. The lowest BCUT2D eigenvalue weighted by molar-refractivity contribution is -0.159. The monoisotopic (exact) mass is 349 g/mol. The maximum Gasteiger partial charge on any atom is 0.471 e. The minimum atomic E-state index is -4.71. The Bertz CT molecular complexity index is 960. The number of rotatable bonds is 4. The van der Waals surface area contributed by atoms with Gasteiger partial charge < -0.3 is 9.93 Å². The predicted molar refractivity (Wildman–Crippen MR) is 80.1 cm³/mol. The Morgan fingerprint density at radius 3 is 2.52 bits per heavy atom. The van der Waals surface area contributed by atoms with E-state index in [0.717, 1.165) is 4.68 Å². The first kappa shape index (κ1) is 16.6. The Morgan fingerprint density at radius 1 is 1.20 bits per heavy atom. The molecule has 0 aliphatic heterocycles. The summed E-state index contributed by atoms with van der Waals surface area (Å²) in [5, 5.41) is 15.2. The lowest BCUT2D eigenvalue weighted by Gasteiger charge is -2.06. The van der Waals surface area contributed by atoms with Gasteiger partial charge in [0, 0.05) is 17.8 Å². The summed E-state index contributed by atoms with van der Waals surface area (Å²) >= 11 is 0. The Morgan fingerprint density at radius 2 is 1.92 bits per heavy atom. The van der Waals surface area contributed by atoms with E-state index in [4.69, 9.17) is 5.41 Å². The second-order valence-electron chi connectivity index (χ2n) is 5.00. The summed E-state index contributed by atoms with van der Waals surface area (Å²) in [6.07, 6.45) is -3.27. The molecule has 0 aliphatic rings. The highest BCUT2D eigenvalue weighted by Gasteiger charge is 2.38. The Balaban J connectivity index is 1.78. The highest BCUT2D eigenvalue weighted by atomic mass is 19.4. The number of nitrogens with one attached hydrogen (secondary N) is 1. The van der Waals surface area contributed by atoms with Gasteiger partial charge in [-0.05, 0) is 11.6 Å². The fourth-order valence-electron chi connectivity index (χ4n) is 2.02. The van der Waals surface area contributed by atoms with Crippen molar-refractivity contribution in [2.24, 2.45) is 0 Å². The summed E-state index contributed by atoms with van der Waals surface area (Å²) in [5.74, 6) is -1.62. The van der Waals surface area contributed by atoms with E-state index >= 15 is 0 Å². The first-order chi connectivity index (χ1) is 11.8. The molecule has 0 radical (unpaired) electrons. The van der Waals surface area contributed by atoms with Gasteiger partial charge >= 0.3 is 12.1 Å². The number of halogens is 3. The largest absolute Gasteiger partial charge is 0.471 e. The maximum atomic E-state index is 12.5. The van der Waals surface area contributed by atoms with Crippen LogP contribution in [0.1, 0.15) is 11.5 Å². The zero-order valence-corrected chi connectivity index (χ0v) is 12.5. The van der Waals surface area contributed by atoms with E-state index in [-0.39, 0.29) is 23.6 Å². The van der Waals surface area contributed by atoms with Crippen LogP contribution in [0, 0.1) is 5.41 Å². The third-order valence-electron chi connectivity index (χ3n) is 3.25. The van der Waals surface area contributed by atoms with Crippen LogP contribution in [0.3, 0.4) is 0 Å². The average molecular weight is 349 g/mol. The van der Waals surface area contributed by atoms with Gasteiger partial charge in [-0.25, -0.2) is 4.68 Å². The second kappa shape index (κ2) is 6.30. The summed E-state index contributed by atoms with van der Waals surface area (Å²) in [5.41, 5.74) is 0.582. The molecule has 10 heteroatoms. The van der Waals surface area contributed by atoms with Crippen LogP contribution < -0.4 is 5.56 Å². The van der Waals surface area contributed by atoms with Crippen molar-refractivity contribution in [2.75, 3.05) is 0 Å². The summed E-state index contributed by atoms with van der Waals surface area (Å²) in [6.45, 7) is -0.0283. The fourth-order valence-corrected chi connectivity index (χ4v) is 2.02. The molecular weight excluding hydrogens is 339 g/mol. The van der Waals surface area contributed by atoms with Gasteiger partial charge in [-0.1, -0.05) is 29.4 Å². The third kappa shape index (κ3) is 3.62. The van der Waals surface area contributed by atoms with E-state index < -0.39 is 12.1 Å². The van der Waals surface area contributed by atoms with Crippen LogP contribution in [0.25, 0.3) is 11.4 Å². The molecule has 0 fully saturated rings. The molecule has 3 rings (SSSR count). The lowest BCUT2D eigenvalue weighted by Crippen LogP contribution is -2.25. The molecular formula is C15H10F3N5O2. The number of nitrogens with zero attached hydrogens (tertiary/aromatic N) is 4. The van der Waals surface area contributed by atoms with Gasteiger partial charge in [0.2, 0.25) is 5.82 Å². The van der Waals surface area contributed by atoms with Crippen LogP contribution in [0.4, 0.5) is 13.2 Å². The van der Waals surface area contributed by atoms with Crippen molar-refractivity contribution in [1.82, 2.24) is 19.9 Å². The zero-order chi connectivity index (χ0) is 18.0. The molecule has 1 N–H and O–H groups in total. The van der Waals surface area contributed by atoms with Gasteiger partial charge in [0.15, 0.2) is 0 Å². The first-order valence-corrected chi connectivity index (χ1v) is 6.96. The summed E-state index contributed by atoms with van der Waals surface area (Å²) < 4.78 is 42.7. The van der Waals surface area contributed by atoms with E-state index in [2.05, 4.69) is 19.8 Å². The Kier molecular flexibility index (Phi) is 4.17. The Labute approximate surface area is 138 Å². The van der Waals surface area contributed by atoms with Gasteiger partial charge in [0.25, 0.3) is 5.56 Å². The maximum absolute atomic E-state index is 12.5. The van der Waals surface area contributed by atoms with Crippen molar-refractivity contribution < 1.29 is 17.7 Å². The van der Waals surface area contributed by atoms with Crippen molar-refractivity contribution >= 4 is 5.71 Å². The van der Waals surface area contributed by atoms with E-state index in [1.165, 1.54) is 42.6 Å². The minimum absolute atomic E-state index is 0.0283. The average Bonchev–Trinajstić information content (AvgIpc) is 3.07. The predicted octanol–water partition coefficient (Wildman–Crippen LogP) is 2.38. The topological polar surface area (TPSA) is 97.7 Å². The van der Waals surface area contributed by atoms with Gasteiger partial charge in [-0.2, -0.15) is 23.3 Å². The number of aromatic nitrogens is 4. The smallest absolute Gasteiger partial charge is 0.329 e. The van der Waals surface area contributed by atoms with Crippen LogP contribution in [-0.2, 0) is 12.7 Å². The van der Waals surface area contributed by atoms with Crippen molar-refractivity contribution in [2.45, 2.75) is 12.7 Å². The van der Waals surface area contributed by atoms with E-state index in [1.807, 2.05) is 0 Å². The Hall–Kier alpha value is -3.30. The van der Waals surface area contributed by atoms with Crippen molar-refractivity contribution in [3.8, 4) is 11.4 Å². The molecule has 7 nitrogen and oxygen atoms in total. The minimum Gasteiger partial charge on any atom is -0.329 e. The third-order valence-corrected chi connectivity index (χ3v) is 3.25. The molecule has 25 heavy (non-hydrogen) atoms. The number of alkyl halides is 3. The molecule has 1 aromatic carbocycles. The number of hydrogen-bond donors (Lipinski definition) is 1. The van der Waals surface area contributed by atoms with Crippen LogP contribution in [0.15, 0.2) is 51.9 Å². The highest BCUT2D eigenvalue weighted by Crippen LogP contribution is 2.29. The van der Waals surface area contributed by atoms with Crippen LogP contribution >= 0.6 is 0 Å².